The predicted molar refractivity (Wildman–Crippen MR) is 124 cm³/mol. The molecule has 190 valence electrons. The van der Waals surface area contributed by atoms with Gasteiger partial charge in [0.1, 0.15) is 0 Å². The van der Waals surface area contributed by atoms with Crippen molar-refractivity contribution >= 4 is 46.7 Å². The number of carbonyl (C=O) groups excluding carboxylic acids is 4. The monoisotopic (exact) mass is 522 g/mol. The minimum Gasteiger partial charge on any atom is -0.452 e. The maximum atomic E-state index is 12.9. The molecule has 0 spiro atoms. The Morgan fingerprint density at radius 2 is 1.72 bits per heavy atom. The molecule has 1 aliphatic heterocycles. The number of anilines is 2. The summed E-state index contributed by atoms with van der Waals surface area (Å²) in [7, 11) is 0. The number of amides is 3. The number of benzene rings is 2. The van der Waals surface area contributed by atoms with Crippen LogP contribution in [0.3, 0.4) is 0 Å². The quantitative estimate of drug-likeness (QED) is 0.437. The van der Waals surface area contributed by atoms with Gasteiger partial charge in [0, 0.05) is 0 Å². The van der Waals surface area contributed by atoms with E-state index in [1.165, 1.54) is 24.3 Å². The summed E-state index contributed by atoms with van der Waals surface area (Å²) >= 11 is 5.84. The van der Waals surface area contributed by atoms with Crippen molar-refractivity contribution in [3.63, 3.8) is 0 Å². The summed E-state index contributed by atoms with van der Waals surface area (Å²) in [6.45, 7) is 1.29. The van der Waals surface area contributed by atoms with E-state index >= 15 is 0 Å². The van der Waals surface area contributed by atoms with Crippen molar-refractivity contribution in [2.75, 3.05) is 16.8 Å². The van der Waals surface area contributed by atoms with Gasteiger partial charge in [0.25, 0.3) is 5.91 Å². The molecule has 0 radical (unpaired) electrons. The van der Waals surface area contributed by atoms with Crippen LogP contribution in [0.5, 0.6) is 0 Å². The van der Waals surface area contributed by atoms with Crippen molar-refractivity contribution in [1.82, 2.24) is 0 Å². The lowest BCUT2D eigenvalue weighted by molar-refractivity contribution is -0.137. The van der Waals surface area contributed by atoms with Crippen LogP contribution in [0.15, 0.2) is 42.5 Å². The molecule has 1 N–H and O–H groups in total. The second-order valence-electron chi connectivity index (χ2n) is 9.01. The Hall–Kier alpha value is -3.40. The fourth-order valence-electron chi connectivity index (χ4n) is 4.59. The number of ether oxygens (including phenoxy) is 1. The van der Waals surface area contributed by atoms with Crippen molar-refractivity contribution in [3.8, 4) is 0 Å². The third-order valence-corrected chi connectivity index (χ3v) is 6.78. The number of carbonyl (C=O) groups is 4. The Kier molecular flexibility index (Phi) is 7.08. The van der Waals surface area contributed by atoms with Crippen LogP contribution in [0.1, 0.15) is 42.1 Å². The zero-order valence-electron chi connectivity index (χ0n) is 19.1. The molecule has 4 rings (SSSR count). The molecule has 7 nitrogen and oxygen atoms in total. The summed E-state index contributed by atoms with van der Waals surface area (Å²) in [5, 5.41) is 2.07. The number of nitrogens with zero attached hydrogens (tertiary/aromatic N) is 1. The highest BCUT2D eigenvalue weighted by Crippen LogP contribution is 2.42. The predicted octanol–water partition coefficient (Wildman–Crippen LogP) is 5.08. The summed E-state index contributed by atoms with van der Waals surface area (Å²) in [6.07, 6.45) is -2.38. The lowest BCUT2D eigenvalue weighted by Gasteiger charge is -2.25. The fraction of sp³-hybridized carbons (Fsp3) is 0.360. The number of imide groups is 1. The summed E-state index contributed by atoms with van der Waals surface area (Å²) in [5.74, 6) is -2.49. The number of hydrogen-bond donors (Lipinski definition) is 1. The third-order valence-electron chi connectivity index (χ3n) is 6.45. The van der Waals surface area contributed by atoms with Gasteiger partial charge in [-0.3, -0.25) is 19.3 Å². The van der Waals surface area contributed by atoms with Gasteiger partial charge in [0.05, 0.1) is 39.4 Å². The molecule has 1 saturated carbocycles. The number of esters is 1. The van der Waals surface area contributed by atoms with Crippen molar-refractivity contribution < 1.29 is 37.1 Å². The molecule has 0 aromatic heterocycles. The second-order valence-corrected chi connectivity index (χ2v) is 9.41. The average Bonchev–Trinajstić information content (AvgIpc) is 3.07. The van der Waals surface area contributed by atoms with Gasteiger partial charge in [-0.1, -0.05) is 18.5 Å². The largest absolute Gasteiger partial charge is 0.452 e. The van der Waals surface area contributed by atoms with E-state index in [4.69, 9.17) is 16.3 Å². The van der Waals surface area contributed by atoms with Gasteiger partial charge < -0.3 is 10.1 Å². The maximum absolute atomic E-state index is 12.9. The molecular formula is C25H22ClF3N2O5. The van der Waals surface area contributed by atoms with Gasteiger partial charge >= 0.3 is 12.1 Å². The zero-order valence-corrected chi connectivity index (χ0v) is 19.9. The number of rotatable bonds is 5. The summed E-state index contributed by atoms with van der Waals surface area (Å²) < 4.78 is 43.6. The van der Waals surface area contributed by atoms with E-state index in [9.17, 15) is 32.3 Å². The molecule has 3 atom stereocenters. The highest BCUT2D eigenvalue weighted by atomic mass is 35.5. The van der Waals surface area contributed by atoms with E-state index < -0.39 is 30.2 Å². The first kappa shape index (κ1) is 25.7. The lowest BCUT2D eigenvalue weighted by Crippen LogP contribution is -2.30. The van der Waals surface area contributed by atoms with E-state index in [-0.39, 0.29) is 39.9 Å². The van der Waals surface area contributed by atoms with Gasteiger partial charge in [-0.15, -0.1) is 0 Å². The van der Waals surface area contributed by atoms with E-state index in [2.05, 4.69) is 12.2 Å². The molecular weight excluding hydrogens is 501 g/mol. The number of halogens is 4. The SMILES string of the molecule is C[C@@H]1CC[C@H]2C(=O)N(c3ccc(C(=O)OCC(=O)Nc4cc(C(F)(F)F)ccc4Cl)cc3)C(=O)[C@H]2C1. The van der Waals surface area contributed by atoms with Gasteiger partial charge in [0.15, 0.2) is 6.61 Å². The third kappa shape index (κ3) is 5.23. The van der Waals surface area contributed by atoms with Crippen LogP contribution < -0.4 is 10.2 Å². The van der Waals surface area contributed by atoms with E-state index in [1.54, 1.807) is 0 Å². The molecule has 1 aliphatic carbocycles. The minimum atomic E-state index is -4.62. The first-order valence-electron chi connectivity index (χ1n) is 11.3. The van der Waals surface area contributed by atoms with Crippen molar-refractivity contribution in [1.29, 1.82) is 0 Å². The molecule has 0 bridgehead atoms. The highest BCUT2D eigenvalue weighted by Gasteiger charge is 2.49. The molecule has 36 heavy (non-hydrogen) atoms. The smallest absolute Gasteiger partial charge is 0.416 e. The molecule has 1 saturated heterocycles. The Morgan fingerprint density at radius 1 is 1.06 bits per heavy atom. The van der Waals surface area contributed by atoms with Gasteiger partial charge in [-0.25, -0.2) is 4.79 Å². The van der Waals surface area contributed by atoms with Crippen LogP contribution in [0.4, 0.5) is 24.5 Å². The highest BCUT2D eigenvalue weighted by molar-refractivity contribution is 6.33. The summed E-state index contributed by atoms with van der Waals surface area (Å²) in [5.41, 5.74) is -0.857. The second kappa shape index (κ2) is 9.93. The van der Waals surface area contributed by atoms with E-state index in [0.29, 0.717) is 30.5 Å². The molecule has 2 aromatic rings. The van der Waals surface area contributed by atoms with Crippen LogP contribution in [0.2, 0.25) is 5.02 Å². The lowest BCUT2D eigenvalue weighted by atomic mass is 9.76. The normalized spacial score (nSPS) is 21.8. The topological polar surface area (TPSA) is 92.8 Å². The molecule has 11 heteroatoms. The number of fused-ring (bicyclic) bond motifs is 1. The van der Waals surface area contributed by atoms with Crippen molar-refractivity contribution in [2.24, 2.45) is 17.8 Å². The standard InChI is InChI=1S/C25H22ClF3N2O5/c1-13-2-8-17-18(10-13)23(34)31(22(17)33)16-6-3-14(4-7-16)24(35)36-12-21(32)30-20-11-15(25(27,28)29)5-9-19(20)26/h3-7,9,11,13,17-18H,2,8,10,12H2,1H3,(H,30,32)/t13-,17-,18+/m1/s1. The Morgan fingerprint density at radius 3 is 2.39 bits per heavy atom. The van der Waals surface area contributed by atoms with Gasteiger partial charge in [-0.2, -0.15) is 13.2 Å². The number of alkyl halides is 3. The molecule has 2 fully saturated rings. The molecule has 2 aromatic carbocycles. The van der Waals surface area contributed by atoms with Crippen LogP contribution in [-0.4, -0.2) is 30.3 Å². The number of nitrogens with one attached hydrogen (secondary N) is 1. The van der Waals surface area contributed by atoms with Crippen LogP contribution in [0.25, 0.3) is 0 Å². The fourth-order valence-corrected chi connectivity index (χ4v) is 4.75. The van der Waals surface area contributed by atoms with Crippen molar-refractivity contribution in [3.05, 3.63) is 58.6 Å². The van der Waals surface area contributed by atoms with Gasteiger partial charge in [0.2, 0.25) is 11.8 Å². The first-order chi connectivity index (χ1) is 17.0. The molecule has 1 heterocycles. The molecule has 3 amide bonds. The Labute approximate surface area is 209 Å². The van der Waals surface area contributed by atoms with Gasteiger partial charge in [-0.05, 0) is 67.6 Å². The maximum Gasteiger partial charge on any atom is 0.416 e. The molecule has 2 aliphatic rings. The summed E-state index contributed by atoms with van der Waals surface area (Å²) in [6, 6.07) is 8.09. The van der Waals surface area contributed by atoms with Crippen LogP contribution in [-0.2, 0) is 25.3 Å². The average molecular weight is 523 g/mol. The van der Waals surface area contributed by atoms with E-state index in [1.807, 2.05) is 0 Å². The molecule has 0 unspecified atom stereocenters. The van der Waals surface area contributed by atoms with Crippen LogP contribution >= 0.6 is 11.6 Å². The van der Waals surface area contributed by atoms with Crippen LogP contribution in [0, 0.1) is 17.8 Å². The zero-order chi connectivity index (χ0) is 26.2. The summed E-state index contributed by atoms with van der Waals surface area (Å²) in [4.78, 5) is 51.2. The first-order valence-corrected chi connectivity index (χ1v) is 11.6. The Bertz CT molecular complexity index is 1220. The Balaban J connectivity index is 1.36. The number of hydrogen-bond acceptors (Lipinski definition) is 5. The van der Waals surface area contributed by atoms with Crippen molar-refractivity contribution in [2.45, 2.75) is 32.4 Å². The van der Waals surface area contributed by atoms with E-state index in [0.717, 1.165) is 23.5 Å². The minimum absolute atomic E-state index is 0.0637.